The van der Waals surface area contributed by atoms with Gasteiger partial charge in [-0.3, -0.25) is 4.79 Å². The molecule has 2 bridgehead atoms. The predicted octanol–water partition coefficient (Wildman–Crippen LogP) is 1.96. The van der Waals surface area contributed by atoms with Crippen molar-refractivity contribution in [2.24, 2.45) is 16.7 Å². The van der Waals surface area contributed by atoms with Gasteiger partial charge in [-0.05, 0) is 24.1 Å². The van der Waals surface area contributed by atoms with Gasteiger partial charge in [-0.25, -0.2) is 0 Å². The van der Waals surface area contributed by atoms with E-state index in [4.69, 9.17) is 4.74 Å². The van der Waals surface area contributed by atoms with Crippen LogP contribution >= 0.6 is 0 Å². The minimum Gasteiger partial charge on any atom is -0.497 e. The fourth-order valence-corrected chi connectivity index (χ4v) is 4.76. The standard InChI is InChI=1S/C20H20N4O3/c1-3-4-15-16(13-5-7-14(27-2)8-6-13)19(11-22,12-23)18(10-21)9-20(15,26)24-17(18)25/h5-8,15-16,26H,3-4,9H2,1-2H3,(H,24,25)/t15-,16+,18-,20+/m1/s1. The molecule has 1 amide bonds. The number of hydrogen-bond donors (Lipinski definition) is 2. The van der Waals surface area contributed by atoms with E-state index in [-0.39, 0.29) is 6.42 Å². The number of nitrogens with one attached hydrogen (secondary N) is 1. The highest BCUT2D eigenvalue weighted by molar-refractivity contribution is 5.92. The van der Waals surface area contributed by atoms with Crippen LogP contribution in [-0.2, 0) is 4.79 Å². The van der Waals surface area contributed by atoms with Gasteiger partial charge in [0.05, 0.1) is 25.3 Å². The van der Waals surface area contributed by atoms with Gasteiger partial charge in [0, 0.05) is 18.3 Å². The number of hydrogen-bond acceptors (Lipinski definition) is 6. The molecule has 2 N–H and O–H groups in total. The largest absolute Gasteiger partial charge is 0.497 e. The van der Waals surface area contributed by atoms with E-state index in [1.54, 1.807) is 24.3 Å². The van der Waals surface area contributed by atoms with Crippen LogP contribution in [0.1, 0.15) is 37.7 Å². The van der Waals surface area contributed by atoms with Crippen LogP contribution in [0.5, 0.6) is 5.75 Å². The maximum absolute atomic E-state index is 12.8. The number of fused-ring (bicyclic) bond motifs is 2. The maximum Gasteiger partial charge on any atom is 0.245 e. The molecule has 2 aliphatic rings. The Labute approximate surface area is 157 Å². The maximum atomic E-state index is 12.8. The van der Waals surface area contributed by atoms with Crippen molar-refractivity contribution >= 4 is 5.91 Å². The predicted molar refractivity (Wildman–Crippen MR) is 93.5 cm³/mol. The zero-order valence-corrected chi connectivity index (χ0v) is 15.2. The summed E-state index contributed by atoms with van der Waals surface area (Å²) >= 11 is 0. The van der Waals surface area contributed by atoms with Gasteiger partial charge in [0.2, 0.25) is 5.91 Å². The van der Waals surface area contributed by atoms with Gasteiger partial charge >= 0.3 is 0 Å². The van der Waals surface area contributed by atoms with Crippen LogP contribution in [0.15, 0.2) is 24.3 Å². The monoisotopic (exact) mass is 364 g/mol. The minimum absolute atomic E-state index is 0.270. The summed E-state index contributed by atoms with van der Waals surface area (Å²) in [6.45, 7) is 1.93. The molecule has 0 spiro atoms. The summed E-state index contributed by atoms with van der Waals surface area (Å²) in [7, 11) is 1.53. The van der Waals surface area contributed by atoms with E-state index in [2.05, 4.69) is 5.32 Å². The highest BCUT2D eigenvalue weighted by Crippen LogP contribution is 2.65. The Morgan fingerprint density at radius 2 is 1.85 bits per heavy atom. The number of nitrogens with zero attached hydrogens (tertiary/aromatic N) is 3. The van der Waals surface area contributed by atoms with Crippen molar-refractivity contribution in [3.8, 4) is 24.0 Å². The average molecular weight is 364 g/mol. The molecular formula is C20H20N4O3. The summed E-state index contributed by atoms with van der Waals surface area (Å²) < 4.78 is 5.17. The number of nitriles is 3. The Balaban J connectivity index is 2.31. The third-order valence-electron chi connectivity index (χ3n) is 6.03. The number of methoxy groups -OCH3 is 1. The van der Waals surface area contributed by atoms with Crippen LogP contribution < -0.4 is 10.1 Å². The molecule has 1 heterocycles. The molecule has 0 unspecified atom stereocenters. The lowest BCUT2D eigenvalue weighted by Crippen LogP contribution is -2.57. The van der Waals surface area contributed by atoms with Crippen molar-refractivity contribution in [3.63, 3.8) is 0 Å². The Morgan fingerprint density at radius 1 is 1.22 bits per heavy atom. The van der Waals surface area contributed by atoms with Crippen molar-refractivity contribution in [1.82, 2.24) is 5.32 Å². The van der Waals surface area contributed by atoms with E-state index in [0.717, 1.165) is 0 Å². The summed E-state index contributed by atoms with van der Waals surface area (Å²) in [4.78, 5) is 12.8. The van der Waals surface area contributed by atoms with Crippen molar-refractivity contribution in [2.75, 3.05) is 7.11 Å². The molecule has 27 heavy (non-hydrogen) atoms. The first-order valence-corrected chi connectivity index (χ1v) is 8.80. The number of carbonyl (C=O) groups excluding carboxylic acids is 1. The highest BCUT2D eigenvalue weighted by Gasteiger charge is 2.76. The van der Waals surface area contributed by atoms with Crippen LogP contribution in [0.25, 0.3) is 0 Å². The van der Waals surface area contributed by atoms with Crippen LogP contribution in [-0.4, -0.2) is 23.8 Å². The van der Waals surface area contributed by atoms with E-state index < -0.39 is 34.3 Å². The van der Waals surface area contributed by atoms with Gasteiger partial charge in [0.1, 0.15) is 11.5 Å². The molecule has 0 aromatic heterocycles. The quantitative estimate of drug-likeness (QED) is 0.840. The van der Waals surface area contributed by atoms with E-state index in [0.29, 0.717) is 24.2 Å². The molecule has 138 valence electrons. The number of carbonyl (C=O) groups is 1. The number of rotatable bonds is 4. The number of amides is 1. The SMILES string of the molecule is CCC[C@@H]1[C@H](c2ccc(OC)cc2)C(C#N)(C#N)[C@@]2(C#N)C[C@@]1(O)NC2=O. The lowest BCUT2D eigenvalue weighted by atomic mass is 9.48. The van der Waals surface area contributed by atoms with Crippen LogP contribution in [0.3, 0.4) is 0 Å². The van der Waals surface area contributed by atoms with Gasteiger partial charge in [-0.15, -0.1) is 0 Å². The van der Waals surface area contributed by atoms with E-state index in [1.165, 1.54) is 7.11 Å². The molecule has 1 aliphatic heterocycles. The molecular weight excluding hydrogens is 344 g/mol. The summed E-state index contributed by atoms with van der Waals surface area (Å²) in [5, 5.41) is 43.7. The number of benzene rings is 1. The van der Waals surface area contributed by atoms with Gasteiger partial charge in [0.25, 0.3) is 0 Å². The fraction of sp³-hybridized carbons (Fsp3) is 0.500. The minimum atomic E-state index is -1.93. The van der Waals surface area contributed by atoms with Crippen LogP contribution in [0.4, 0.5) is 0 Å². The van der Waals surface area contributed by atoms with E-state index in [9.17, 15) is 25.7 Å². The third-order valence-corrected chi connectivity index (χ3v) is 6.03. The highest BCUT2D eigenvalue weighted by atomic mass is 16.5. The molecule has 1 aromatic rings. The summed E-state index contributed by atoms with van der Waals surface area (Å²) in [6.07, 6.45) is 0.899. The Morgan fingerprint density at radius 3 is 2.33 bits per heavy atom. The Bertz CT molecular complexity index is 878. The van der Waals surface area contributed by atoms with Crippen molar-refractivity contribution in [3.05, 3.63) is 29.8 Å². The summed E-state index contributed by atoms with van der Waals surface area (Å²) in [5.41, 5.74) is -4.86. The topological polar surface area (TPSA) is 130 Å². The van der Waals surface area contributed by atoms with Crippen molar-refractivity contribution in [1.29, 1.82) is 15.8 Å². The first-order chi connectivity index (χ1) is 12.9. The second kappa shape index (κ2) is 6.27. The van der Waals surface area contributed by atoms with E-state index in [1.807, 2.05) is 25.1 Å². The zero-order chi connectivity index (χ0) is 19.9. The number of aliphatic hydroxyl groups is 1. The molecule has 3 rings (SSSR count). The fourth-order valence-electron chi connectivity index (χ4n) is 4.76. The van der Waals surface area contributed by atoms with Crippen molar-refractivity contribution in [2.45, 2.75) is 37.8 Å². The second-order valence-corrected chi connectivity index (χ2v) is 7.25. The molecule has 7 nitrogen and oxygen atoms in total. The lowest BCUT2D eigenvalue weighted by Gasteiger charge is -2.49. The van der Waals surface area contributed by atoms with Crippen molar-refractivity contribution < 1.29 is 14.6 Å². The second-order valence-electron chi connectivity index (χ2n) is 7.25. The Hall–Kier alpha value is -3.08. The van der Waals surface area contributed by atoms with Crippen LogP contribution in [0.2, 0.25) is 0 Å². The van der Waals surface area contributed by atoms with Gasteiger partial charge in [-0.2, -0.15) is 15.8 Å². The molecule has 1 aromatic carbocycles. The molecule has 0 radical (unpaired) electrons. The molecule has 1 aliphatic carbocycles. The third kappa shape index (κ3) is 2.24. The Kier molecular flexibility index (Phi) is 4.34. The molecule has 2 fully saturated rings. The smallest absolute Gasteiger partial charge is 0.245 e. The average Bonchev–Trinajstić information content (AvgIpc) is 2.94. The molecule has 4 atom stereocenters. The van der Waals surface area contributed by atoms with Gasteiger partial charge in [-0.1, -0.05) is 25.5 Å². The first-order valence-electron chi connectivity index (χ1n) is 8.80. The lowest BCUT2D eigenvalue weighted by molar-refractivity contribution is -0.128. The van der Waals surface area contributed by atoms with Gasteiger partial charge in [0.15, 0.2) is 10.8 Å². The summed E-state index contributed by atoms with van der Waals surface area (Å²) in [5.74, 6) is -1.54. The molecule has 1 saturated heterocycles. The van der Waals surface area contributed by atoms with E-state index >= 15 is 0 Å². The normalized spacial score (nSPS) is 33.3. The molecule has 7 heteroatoms. The zero-order valence-electron chi connectivity index (χ0n) is 15.2. The summed E-state index contributed by atoms with van der Waals surface area (Å²) in [6, 6.07) is 12.8. The number of ether oxygens (including phenoxy) is 1. The first kappa shape index (κ1) is 18.7. The van der Waals surface area contributed by atoms with Gasteiger partial charge < -0.3 is 15.2 Å². The molecule has 1 saturated carbocycles. The van der Waals surface area contributed by atoms with Crippen LogP contribution in [0, 0.1) is 50.7 Å².